The van der Waals surface area contributed by atoms with Gasteiger partial charge in [-0.25, -0.2) is 4.98 Å². The first-order valence-corrected chi connectivity index (χ1v) is 15.1. The zero-order valence-electron chi connectivity index (χ0n) is 20.2. The van der Waals surface area contributed by atoms with Crippen LogP contribution >= 0.6 is 0 Å². The van der Waals surface area contributed by atoms with Gasteiger partial charge in [0.25, 0.3) is 5.91 Å². The SMILES string of the molecule is COCCNC(=O)c1ccc(-c2ccc3c4cnccc4n(COCC[Si](C)(C)C)c3n2)cn1. The summed E-state index contributed by atoms with van der Waals surface area (Å²) in [6, 6.07) is 10.7. The third-order valence-electron chi connectivity index (χ3n) is 5.61. The summed E-state index contributed by atoms with van der Waals surface area (Å²) in [6.07, 6.45) is 5.34. The lowest BCUT2D eigenvalue weighted by Gasteiger charge is -2.16. The van der Waals surface area contributed by atoms with Crippen molar-refractivity contribution in [2.24, 2.45) is 0 Å². The predicted octanol–water partition coefficient (Wildman–Crippen LogP) is 4.34. The fourth-order valence-corrected chi connectivity index (χ4v) is 4.43. The minimum Gasteiger partial charge on any atom is -0.383 e. The molecule has 34 heavy (non-hydrogen) atoms. The molecule has 0 bridgehead atoms. The molecule has 4 aromatic heterocycles. The maximum Gasteiger partial charge on any atom is 0.269 e. The standard InChI is InChI=1S/C25H31N5O3Si/c1-32-12-11-27-25(31)22-7-5-18(15-28-22)21-8-6-19-20-16-26-10-9-23(20)30(24(19)29-21)17-33-13-14-34(2,3)4/h5-10,15-16H,11-14,17H2,1-4H3,(H,27,31). The molecule has 0 spiro atoms. The lowest BCUT2D eigenvalue weighted by molar-refractivity contribution is 0.0924. The van der Waals surface area contributed by atoms with Gasteiger partial charge in [-0.15, -0.1) is 0 Å². The lowest BCUT2D eigenvalue weighted by atomic mass is 10.1. The molecule has 4 aromatic rings. The molecule has 9 heteroatoms. The Morgan fingerprint density at radius 1 is 1.06 bits per heavy atom. The highest BCUT2D eigenvalue weighted by Gasteiger charge is 2.16. The maximum absolute atomic E-state index is 12.2. The smallest absolute Gasteiger partial charge is 0.269 e. The summed E-state index contributed by atoms with van der Waals surface area (Å²) in [7, 11) is 0.432. The molecule has 4 heterocycles. The fraction of sp³-hybridized carbons (Fsp3) is 0.360. The topological polar surface area (TPSA) is 91.2 Å². The van der Waals surface area contributed by atoms with Gasteiger partial charge < -0.3 is 19.4 Å². The van der Waals surface area contributed by atoms with Crippen LogP contribution in [0, 0.1) is 0 Å². The number of amides is 1. The van der Waals surface area contributed by atoms with Crippen LogP contribution < -0.4 is 5.32 Å². The zero-order valence-corrected chi connectivity index (χ0v) is 21.2. The van der Waals surface area contributed by atoms with E-state index in [2.05, 4.69) is 45.6 Å². The van der Waals surface area contributed by atoms with E-state index in [0.717, 1.165) is 45.8 Å². The highest BCUT2D eigenvalue weighted by atomic mass is 28.3. The van der Waals surface area contributed by atoms with Crippen LogP contribution in [0.25, 0.3) is 33.2 Å². The van der Waals surface area contributed by atoms with Crippen LogP contribution in [0.2, 0.25) is 25.7 Å². The van der Waals surface area contributed by atoms with Crippen molar-refractivity contribution in [2.45, 2.75) is 32.4 Å². The summed E-state index contributed by atoms with van der Waals surface area (Å²) < 4.78 is 13.1. The molecule has 0 radical (unpaired) electrons. The van der Waals surface area contributed by atoms with E-state index in [9.17, 15) is 4.79 Å². The number of carbonyl (C=O) groups is 1. The van der Waals surface area contributed by atoms with Gasteiger partial charge in [0.15, 0.2) is 0 Å². The largest absolute Gasteiger partial charge is 0.383 e. The Hall–Kier alpha value is -3.14. The highest BCUT2D eigenvalue weighted by molar-refractivity contribution is 6.76. The van der Waals surface area contributed by atoms with Crippen molar-refractivity contribution in [2.75, 3.05) is 26.9 Å². The van der Waals surface area contributed by atoms with Crippen molar-refractivity contribution in [1.82, 2.24) is 24.8 Å². The van der Waals surface area contributed by atoms with Crippen LogP contribution in [0.5, 0.6) is 0 Å². The van der Waals surface area contributed by atoms with Gasteiger partial charge in [-0.3, -0.25) is 14.8 Å². The first-order chi connectivity index (χ1) is 16.4. The average Bonchev–Trinajstić information content (AvgIpc) is 3.14. The van der Waals surface area contributed by atoms with E-state index in [1.807, 2.05) is 24.4 Å². The van der Waals surface area contributed by atoms with Crippen molar-refractivity contribution in [3.05, 3.63) is 54.6 Å². The minimum absolute atomic E-state index is 0.227. The van der Waals surface area contributed by atoms with Crippen molar-refractivity contribution in [3.63, 3.8) is 0 Å². The number of fused-ring (bicyclic) bond motifs is 3. The monoisotopic (exact) mass is 477 g/mol. The third kappa shape index (κ3) is 5.49. The van der Waals surface area contributed by atoms with E-state index in [4.69, 9.17) is 14.5 Å². The summed E-state index contributed by atoms with van der Waals surface area (Å²) in [5.41, 5.74) is 3.87. The number of carbonyl (C=O) groups excluding carboxylic acids is 1. The van der Waals surface area contributed by atoms with Gasteiger partial charge in [0.2, 0.25) is 0 Å². The van der Waals surface area contributed by atoms with Gasteiger partial charge in [-0.2, -0.15) is 0 Å². The first kappa shape index (κ1) is 24.0. The summed E-state index contributed by atoms with van der Waals surface area (Å²) in [5.74, 6) is -0.227. The molecule has 0 fully saturated rings. The lowest BCUT2D eigenvalue weighted by Crippen LogP contribution is -2.27. The quantitative estimate of drug-likeness (QED) is 0.270. The number of nitrogens with one attached hydrogen (secondary N) is 1. The number of hydrogen-bond acceptors (Lipinski definition) is 6. The Morgan fingerprint density at radius 3 is 2.65 bits per heavy atom. The van der Waals surface area contributed by atoms with Crippen LogP contribution in [0.3, 0.4) is 0 Å². The number of nitrogens with zero attached hydrogens (tertiary/aromatic N) is 4. The van der Waals surface area contributed by atoms with E-state index in [1.54, 1.807) is 25.6 Å². The van der Waals surface area contributed by atoms with Crippen molar-refractivity contribution in [1.29, 1.82) is 0 Å². The fourth-order valence-electron chi connectivity index (χ4n) is 3.67. The molecule has 178 valence electrons. The third-order valence-corrected chi connectivity index (χ3v) is 7.31. The molecule has 8 nitrogen and oxygen atoms in total. The summed E-state index contributed by atoms with van der Waals surface area (Å²) in [5, 5.41) is 4.85. The Labute approximate surface area is 200 Å². The second-order valence-electron chi connectivity index (χ2n) is 9.42. The van der Waals surface area contributed by atoms with Gasteiger partial charge in [-0.05, 0) is 36.4 Å². The van der Waals surface area contributed by atoms with Crippen molar-refractivity contribution < 1.29 is 14.3 Å². The second kappa shape index (κ2) is 10.4. The maximum atomic E-state index is 12.2. The molecule has 0 aliphatic rings. The van der Waals surface area contributed by atoms with E-state index < -0.39 is 8.07 Å². The Bertz CT molecular complexity index is 1280. The Balaban J connectivity index is 1.61. The molecule has 0 aliphatic carbocycles. The van der Waals surface area contributed by atoms with Crippen LogP contribution in [-0.4, -0.2) is 60.4 Å². The molecule has 1 N–H and O–H groups in total. The summed E-state index contributed by atoms with van der Waals surface area (Å²) in [6.45, 7) is 9.11. The molecule has 1 amide bonds. The summed E-state index contributed by atoms with van der Waals surface area (Å²) >= 11 is 0. The molecule has 0 saturated heterocycles. The van der Waals surface area contributed by atoms with Gasteiger partial charge in [0.05, 0.1) is 17.8 Å². The molecule has 4 rings (SSSR count). The Kier molecular flexibility index (Phi) is 7.35. The van der Waals surface area contributed by atoms with E-state index in [-0.39, 0.29) is 5.91 Å². The number of hydrogen-bond donors (Lipinski definition) is 1. The van der Waals surface area contributed by atoms with Crippen molar-refractivity contribution in [3.8, 4) is 11.3 Å². The molecular weight excluding hydrogens is 446 g/mol. The van der Waals surface area contributed by atoms with E-state index >= 15 is 0 Å². The van der Waals surface area contributed by atoms with Crippen molar-refractivity contribution >= 4 is 35.9 Å². The zero-order chi connectivity index (χ0) is 24.1. The normalized spacial score (nSPS) is 11.9. The van der Waals surface area contributed by atoms with E-state index in [0.29, 0.717) is 25.6 Å². The first-order valence-electron chi connectivity index (χ1n) is 11.4. The number of aromatic nitrogens is 4. The number of rotatable bonds is 10. The van der Waals surface area contributed by atoms with Gasteiger partial charge in [0, 0.05) is 63.3 Å². The number of pyridine rings is 3. The number of methoxy groups -OCH3 is 1. The Morgan fingerprint density at radius 2 is 1.91 bits per heavy atom. The van der Waals surface area contributed by atoms with Gasteiger partial charge in [0.1, 0.15) is 18.1 Å². The average molecular weight is 478 g/mol. The summed E-state index contributed by atoms with van der Waals surface area (Å²) in [4.78, 5) is 25.8. The molecule has 0 atom stereocenters. The second-order valence-corrected chi connectivity index (χ2v) is 15.0. The van der Waals surface area contributed by atoms with Crippen LogP contribution in [0.1, 0.15) is 10.5 Å². The predicted molar refractivity (Wildman–Crippen MR) is 137 cm³/mol. The molecule has 0 saturated carbocycles. The number of ether oxygens (including phenoxy) is 2. The van der Waals surface area contributed by atoms with E-state index in [1.165, 1.54) is 0 Å². The molecule has 0 unspecified atom stereocenters. The highest BCUT2D eigenvalue weighted by Crippen LogP contribution is 2.29. The minimum atomic E-state index is -1.16. The molecule has 0 aromatic carbocycles. The molecular formula is C25H31N5O3Si. The molecule has 0 aliphatic heterocycles. The van der Waals surface area contributed by atoms with Crippen LogP contribution in [0.15, 0.2) is 48.9 Å². The van der Waals surface area contributed by atoms with Gasteiger partial charge >= 0.3 is 0 Å². The van der Waals surface area contributed by atoms with Crippen LogP contribution in [0.4, 0.5) is 0 Å². The van der Waals surface area contributed by atoms with Gasteiger partial charge in [-0.1, -0.05) is 19.6 Å². The van der Waals surface area contributed by atoms with Crippen LogP contribution in [-0.2, 0) is 16.2 Å².